The van der Waals surface area contributed by atoms with Crippen LogP contribution in [0, 0.1) is 12.3 Å². The molecule has 3 aliphatic rings. The summed E-state index contributed by atoms with van der Waals surface area (Å²) in [6.07, 6.45) is 2.98. The normalized spacial score (nSPS) is 14.8. The number of aryl methyl sites for hydroxylation is 1. The molecular weight excluding hydrogens is 494 g/mol. The molecule has 11 heteroatoms. The quantitative estimate of drug-likeness (QED) is 0.300. The number of ether oxygens (including phenoxy) is 2. The van der Waals surface area contributed by atoms with Crippen LogP contribution in [0.3, 0.4) is 0 Å². The van der Waals surface area contributed by atoms with Gasteiger partial charge >= 0.3 is 5.97 Å². The topological polar surface area (TPSA) is 130 Å². The maximum atomic E-state index is 12.7. The van der Waals surface area contributed by atoms with Crippen molar-refractivity contribution >= 4 is 35.4 Å². The molecule has 1 fully saturated rings. The van der Waals surface area contributed by atoms with Gasteiger partial charge in [-0.05, 0) is 42.8 Å². The summed E-state index contributed by atoms with van der Waals surface area (Å²) in [6, 6.07) is 13.7. The number of esters is 1. The van der Waals surface area contributed by atoms with E-state index in [2.05, 4.69) is 10.1 Å². The first kappa shape index (κ1) is 24.3. The van der Waals surface area contributed by atoms with Gasteiger partial charge in [0.1, 0.15) is 10.4 Å². The van der Waals surface area contributed by atoms with E-state index in [9.17, 15) is 14.4 Å². The third kappa shape index (κ3) is 5.42. The fraction of sp³-hybridized carbons (Fsp3) is 0.192. The van der Waals surface area contributed by atoms with Crippen molar-refractivity contribution in [2.24, 2.45) is 0 Å². The summed E-state index contributed by atoms with van der Waals surface area (Å²) in [7, 11) is 0. The SMILES string of the molecule is Cc1ccc(C(=O)Oc2ccc(/C=c3\c(=O)nc4s/c(=C/C(=O)N5CCOCC5)[nH]n-4c3=N)cc2)cc1. The number of nitrogens with zero attached hydrogens (tertiary/aromatic N) is 3. The van der Waals surface area contributed by atoms with Crippen molar-refractivity contribution in [2.75, 3.05) is 26.3 Å². The fourth-order valence-corrected chi connectivity index (χ4v) is 4.60. The number of aromatic amines is 1. The number of carbonyl (C=O) groups excluding carboxylic acids is 2. The molecule has 0 radical (unpaired) electrons. The second kappa shape index (κ2) is 10.3. The molecule has 3 aliphatic heterocycles. The Hall–Kier alpha value is -4.35. The van der Waals surface area contributed by atoms with E-state index in [1.807, 2.05) is 19.1 Å². The van der Waals surface area contributed by atoms with Crippen LogP contribution in [0.4, 0.5) is 0 Å². The number of hydrogen-bond acceptors (Lipinski definition) is 8. The van der Waals surface area contributed by atoms with E-state index < -0.39 is 11.5 Å². The lowest BCUT2D eigenvalue weighted by Crippen LogP contribution is -2.47. The summed E-state index contributed by atoms with van der Waals surface area (Å²) >= 11 is 1.12. The minimum atomic E-state index is -0.554. The molecule has 2 N–H and O–H groups in total. The molecule has 1 saturated heterocycles. The Morgan fingerprint density at radius 2 is 1.81 bits per heavy atom. The largest absolute Gasteiger partial charge is 0.423 e. The number of fused-ring (bicyclic) bond motifs is 1. The number of rotatable bonds is 4. The molecule has 188 valence electrons. The third-order valence-corrected chi connectivity index (χ3v) is 6.67. The van der Waals surface area contributed by atoms with Crippen molar-refractivity contribution in [3.05, 3.63) is 90.9 Å². The Morgan fingerprint density at radius 3 is 2.51 bits per heavy atom. The second-order valence-corrected chi connectivity index (χ2v) is 9.44. The zero-order chi connectivity index (χ0) is 25.9. The van der Waals surface area contributed by atoms with E-state index in [0.29, 0.717) is 47.8 Å². The van der Waals surface area contributed by atoms with Crippen LogP contribution in [0.15, 0.2) is 53.3 Å². The summed E-state index contributed by atoms with van der Waals surface area (Å²) in [5.41, 5.74) is 1.49. The molecule has 1 amide bonds. The van der Waals surface area contributed by atoms with Gasteiger partial charge in [-0.3, -0.25) is 20.1 Å². The summed E-state index contributed by atoms with van der Waals surface area (Å²) in [4.78, 5) is 43.3. The first-order valence-electron chi connectivity index (χ1n) is 11.5. The van der Waals surface area contributed by atoms with Gasteiger partial charge in [-0.15, -0.1) is 0 Å². The molecule has 10 nitrogen and oxygen atoms in total. The molecule has 5 rings (SSSR count). The van der Waals surface area contributed by atoms with Gasteiger partial charge in [0.05, 0.1) is 24.0 Å². The molecule has 2 aromatic rings. The molecule has 2 aromatic carbocycles. The van der Waals surface area contributed by atoms with Gasteiger partial charge in [-0.1, -0.05) is 41.2 Å². The third-order valence-electron chi connectivity index (χ3n) is 5.79. The van der Waals surface area contributed by atoms with Gasteiger partial charge < -0.3 is 14.4 Å². The van der Waals surface area contributed by atoms with Gasteiger partial charge in [0.15, 0.2) is 5.49 Å². The van der Waals surface area contributed by atoms with Crippen LogP contribution in [0.1, 0.15) is 21.5 Å². The summed E-state index contributed by atoms with van der Waals surface area (Å²) < 4.78 is 12.5. The molecule has 0 bridgehead atoms. The average Bonchev–Trinajstić information content (AvgIpc) is 3.30. The van der Waals surface area contributed by atoms with E-state index in [0.717, 1.165) is 16.9 Å². The predicted molar refractivity (Wildman–Crippen MR) is 136 cm³/mol. The van der Waals surface area contributed by atoms with Crippen LogP contribution < -0.4 is 25.7 Å². The van der Waals surface area contributed by atoms with Gasteiger partial charge in [0, 0.05) is 19.2 Å². The van der Waals surface area contributed by atoms with Crippen molar-refractivity contribution in [1.82, 2.24) is 19.7 Å². The van der Waals surface area contributed by atoms with Crippen molar-refractivity contribution < 1.29 is 19.1 Å². The molecular formula is C26H23N5O5S. The maximum Gasteiger partial charge on any atom is 0.343 e. The average molecular weight is 518 g/mol. The van der Waals surface area contributed by atoms with E-state index >= 15 is 0 Å². The number of amides is 1. The standard InChI is InChI=1S/C26H23N5O5S/c1-16-2-6-18(7-3-16)25(34)36-19-8-4-17(5-9-19)14-20-23(27)31-26(28-24(20)33)37-21(29-31)15-22(32)30-10-12-35-13-11-30/h2-9,14-15,27,29H,10-13H2,1H3/b20-14-,21-15+,27-23?. The van der Waals surface area contributed by atoms with Crippen LogP contribution in [-0.2, 0) is 9.53 Å². The molecule has 37 heavy (non-hydrogen) atoms. The Morgan fingerprint density at radius 1 is 1.11 bits per heavy atom. The van der Waals surface area contributed by atoms with Crippen molar-refractivity contribution in [3.8, 4) is 10.9 Å². The molecule has 0 spiro atoms. The molecule has 0 saturated carbocycles. The van der Waals surface area contributed by atoms with Crippen LogP contribution in [0.2, 0.25) is 0 Å². The molecule has 0 unspecified atom stereocenters. The Labute approximate surface area is 214 Å². The fourth-order valence-electron chi connectivity index (χ4n) is 3.75. The van der Waals surface area contributed by atoms with Crippen LogP contribution in [0.5, 0.6) is 5.75 Å². The first-order valence-corrected chi connectivity index (χ1v) is 12.3. The highest BCUT2D eigenvalue weighted by molar-refractivity contribution is 7.11. The van der Waals surface area contributed by atoms with Crippen molar-refractivity contribution in [1.29, 1.82) is 5.41 Å². The van der Waals surface area contributed by atoms with Gasteiger partial charge in [-0.2, -0.15) is 4.98 Å². The number of nitrogens with one attached hydrogen (secondary N) is 2. The lowest BCUT2D eigenvalue weighted by atomic mass is 10.1. The molecule has 0 aromatic heterocycles. The van der Waals surface area contributed by atoms with Gasteiger partial charge in [0.2, 0.25) is 11.0 Å². The van der Waals surface area contributed by atoms with Crippen molar-refractivity contribution in [3.63, 3.8) is 0 Å². The van der Waals surface area contributed by atoms with E-state index in [1.54, 1.807) is 47.4 Å². The minimum Gasteiger partial charge on any atom is -0.423 e. The van der Waals surface area contributed by atoms with Crippen molar-refractivity contribution in [2.45, 2.75) is 6.92 Å². The molecule has 3 heterocycles. The lowest BCUT2D eigenvalue weighted by Gasteiger charge is -2.25. The van der Waals surface area contributed by atoms with Gasteiger partial charge in [0.25, 0.3) is 5.56 Å². The number of morpholine rings is 1. The number of H-pyrrole nitrogens is 1. The Balaban J connectivity index is 1.40. The summed E-state index contributed by atoms with van der Waals surface area (Å²) in [5.74, 6) is -0.281. The highest BCUT2D eigenvalue weighted by atomic mass is 32.1. The van der Waals surface area contributed by atoms with Crippen LogP contribution in [-0.4, -0.2) is 57.8 Å². The smallest absolute Gasteiger partial charge is 0.343 e. The second-order valence-electron chi connectivity index (χ2n) is 8.43. The number of benzene rings is 2. The summed E-state index contributed by atoms with van der Waals surface area (Å²) in [6.45, 7) is 3.97. The Kier molecular flexibility index (Phi) is 6.80. The maximum absolute atomic E-state index is 12.7. The van der Waals surface area contributed by atoms with Crippen LogP contribution in [0.25, 0.3) is 17.3 Å². The zero-order valence-electron chi connectivity index (χ0n) is 19.9. The number of aromatic nitrogens is 3. The minimum absolute atomic E-state index is 0.0837. The number of carbonyl (C=O) groups is 2. The predicted octanol–water partition coefficient (Wildman–Crippen LogP) is 0.535. The number of hydrogen-bond donors (Lipinski definition) is 2. The summed E-state index contributed by atoms with van der Waals surface area (Å²) in [5, 5.41) is 11.9. The highest BCUT2D eigenvalue weighted by Crippen LogP contribution is 2.15. The molecule has 0 aliphatic carbocycles. The lowest BCUT2D eigenvalue weighted by molar-refractivity contribution is -0.128. The first-order chi connectivity index (χ1) is 17.9. The Bertz CT molecular complexity index is 1660. The van der Waals surface area contributed by atoms with E-state index in [1.165, 1.54) is 10.8 Å². The van der Waals surface area contributed by atoms with E-state index in [-0.39, 0.29) is 21.7 Å². The van der Waals surface area contributed by atoms with Crippen LogP contribution >= 0.6 is 11.3 Å². The monoisotopic (exact) mass is 517 g/mol. The van der Waals surface area contributed by atoms with E-state index in [4.69, 9.17) is 14.9 Å². The zero-order valence-corrected chi connectivity index (χ0v) is 20.7. The van der Waals surface area contributed by atoms with Gasteiger partial charge in [-0.25, -0.2) is 9.48 Å². The molecule has 0 atom stereocenters. The highest BCUT2D eigenvalue weighted by Gasteiger charge is 2.16.